The predicted molar refractivity (Wildman–Crippen MR) is 160 cm³/mol. The number of hydrogen-bond acceptors (Lipinski definition) is 8. The van der Waals surface area contributed by atoms with E-state index >= 15 is 0 Å². The summed E-state index contributed by atoms with van der Waals surface area (Å²) in [5.41, 5.74) is 2.71. The Morgan fingerprint density at radius 3 is 2.46 bits per heavy atom. The van der Waals surface area contributed by atoms with E-state index < -0.39 is 17.3 Å². The number of aryl methyl sites for hydroxylation is 1. The van der Waals surface area contributed by atoms with E-state index in [1.807, 2.05) is 54.5 Å². The van der Waals surface area contributed by atoms with Gasteiger partial charge < -0.3 is 24.4 Å². The minimum absolute atomic E-state index is 0.336. The van der Waals surface area contributed by atoms with Gasteiger partial charge in [-0.3, -0.25) is 4.90 Å². The molecule has 0 bridgehead atoms. The first-order valence-corrected chi connectivity index (χ1v) is 14.2. The second kappa shape index (κ2) is 11.8. The van der Waals surface area contributed by atoms with Gasteiger partial charge in [0.1, 0.15) is 22.8 Å². The summed E-state index contributed by atoms with van der Waals surface area (Å²) in [6.45, 7) is 14.4. The molecule has 222 valence electrons. The average Bonchev–Trinajstić information content (AvgIpc) is 3.16. The molecule has 2 aromatic heterocycles. The van der Waals surface area contributed by atoms with Gasteiger partial charge in [0.25, 0.3) is 0 Å². The molecule has 4 rings (SSSR count). The molecule has 0 saturated carbocycles. The number of ether oxygens (including phenoxy) is 3. The highest BCUT2D eigenvalue weighted by Crippen LogP contribution is 2.44. The summed E-state index contributed by atoms with van der Waals surface area (Å²) >= 11 is 7.02. The number of pyridine rings is 2. The van der Waals surface area contributed by atoms with Gasteiger partial charge >= 0.3 is 12.2 Å². The van der Waals surface area contributed by atoms with Crippen molar-refractivity contribution >= 4 is 46.7 Å². The van der Waals surface area contributed by atoms with E-state index in [9.17, 15) is 9.59 Å². The van der Waals surface area contributed by atoms with Gasteiger partial charge in [0.05, 0.1) is 23.0 Å². The number of carbonyl (C=O) groups excluding carboxylic acids is 2. The summed E-state index contributed by atoms with van der Waals surface area (Å²) in [7, 11) is 1.65. The fourth-order valence-corrected chi connectivity index (χ4v) is 4.90. The van der Waals surface area contributed by atoms with Crippen LogP contribution in [-0.4, -0.2) is 65.0 Å². The number of amides is 2. The maximum atomic E-state index is 12.7. The highest BCUT2D eigenvalue weighted by atomic mass is 35.5. The standard InChI is InChI=1S/C30H40ClN5O5/c1-18-16-20(35(8)27(37)40-29(2,3)4)17-22(32-18)34-26-24(31)23(25-21(33-26)12-15-39-25)19-10-9-13-36(14-11-19)28(38)41-30(5,6)7/h11,16-17H,9-10,12-15H2,1-8H3,(H,32,33,34). The molecule has 4 heterocycles. The van der Waals surface area contributed by atoms with Crippen molar-refractivity contribution in [2.45, 2.75) is 78.9 Å². The second-order valence-corrected chi connectivity index (χ2v) is 12.7. The van der Waals surface area contributed by atoms with Crippen molar-refractivity contribution < 1.29 is 23.8 Å². The van der Waals surface area contributed by atoms with Gasteiger partial charge in [-0.05, 0) is 72.9 Å². The van der Waals surface area contributed by atoms with E-state index in [-0.39, 0.29) is 6.09 Å². The molecule has 1 N–H and O–H groups in total. The molecule has 0 saturated heterocycles. The van der Waals surface area contributed by atoms with Gasteiger partial charge in [0.2, 0.25) is 0 Å². The Balaban J connectivity index is 1.64. The Hall–Kier alpha value is -3.53. The smallest absolute Gasteiger partial charge is 0.414 e. The van der Waals surface area contributed by atoms with Crippen LogP contribution in [0.3, 0.4) is 0 Å². The number of anilines is 3. The van der Waals surface area contributed by atoms with Crippen molar-refractivity contribution in [2.75, 3.05) is 37.0 Å². The van der Waals surface area contributed by atoms with Crippen LogP contribution in [0.4, 0.5) is 26.9 Å². The number of carbonyl (C=O) groups is 2. The summed E-state index contributed by atoms with van der Waals surface area (Å²) in [5.74, 6) is 1.62. The van der Waals surface area contributed by atoms with Crippen LogP contribution >= 0.6 is 11.6 Å². The number of nitrogens with zero attached hydrogens (tertiary/aromatic N) is 4. The van der Waals surface area contributed by atoms with E-state index in [4.69, 9.17) is 30.8 Å². The van der Waals surface area contributed by atoms with Crippen LogP contribution in [0.5, 0.6) is 5.75 Å². The number of hydrogen-bond donors (Lipinski definition) is 1. The van der Waals surface area contributed by atoms with Crippen LogP contribution in [0.15, 0.2) is 18.2 Å². The Kier molecular flexibility index (Phi) is 8.73. The van der Waals surface area contributed by atoms with Crippen molar-refractivity contribution in [1.82, 2.24) is 14.9 Å². The molecule has 2 aliphatic heterocycles. The minimum Gasteiger partial charge on any atom is -0.491 e. The monoisotopic (exact) mass is 585 g/mol. The molecular weight excluding hydrogens is 546 g/mol. The number of rotatable bonds is 4. The van der Waals surface area contributed by atoms with Crippen LogP contribution in [-0.2, 0) is 15.9 Å². The fraction of sp³-hybridized carbons (Fsp3) is 0.533. The van der Waals surface area contributed by atoms with E-state index in [2.05, 4.69) is 10.3 Å². The Morgan fingerprint density at radius 1 is 1.07 bits per heavy atom. The molecule has 2 aliphatic rings. The third-order valence-corrected chi connectivity index (χ3v) is 6.76. The largest absolute Gasteiger partial charge is 0.491 e. The molecule has 10 nitrogen and oxygen atoms in total. The molecule has 0 aliphatic carbocycles. The van der Waals surface area contributed by atoms with E-state index in [1.54, 1.807) is 24.1 Å². The van der Waals surface area contributed by atoms with Gasteiger partial charge in [0.15, 0.2) is 5.82 Å². The zero-order chi connectivity index (χ0) is 30.1. The molecule has 0 radical (unpaired) electrons. The van der Waals surface area contributed by atoms with Crippen molar-refractivity contribution in [3.8, 4) is 5.75 Å². The number of nitrogens with one attached hydrogen (secondary N) is 1. The van der Waals surface area contributed by atoms with Crippen LogP contribution < -0.4 is 15.0 Å². The Bertz CT molecular complexity index is 1360. The molecule has 0 atom stereocenters. The number of aromatic nitrogens is 2. The highest BCUT2D eigenvalue weighted by Gasteiger charge is 2.29. The zero-order valence-electron chi connectivity index (χ0n) is 25.2. The molecule has 0 aromatic carbocycles. The topological polar surface area (TPSA) is 106 Å². The number of allylic oxidation sites excluding steroid dienone is 1. The SMILES string of the molecule is Cc1cc(N(C)C(=O)OC(C)(C)C)cc(Nc2nc3c(c(C4=CCN(C(=O)OC(C)(C)C)CCC4)c2Cl)OCC3)n1. The quantitative estimate of drug-likeness (QED) is 0.413. The molecular formula is C30H40ClN5O5. The van der Waals surface area contributed by atoms with Crippen molar-refractivity contribution in [3.63, 3.8) is 0 Å². The van der Waals surface area contributed by atoms with Crippen molar-refractivity contribution in [2.24, 2.45) is 0 Å². The molecule has 0 unspecified atom stereocenters. The molecule has 2 amide bonds. The first-order chi connectivity index (χ1) is 19.1. The summed E-state index contributed by atoms with van der Waals surface area (Å²) in [6, 6.07) is 3.56. The maximum absolute atomic E-state index is 12.7. The van der Waals surface area contributed by atoms with Crippen LogP contribution in [0, 0.1) is 6.92 Å². The molecule has 0 fully saturated rings. The zero-order valence-corrected chi connectivity index (χ0v) is 25.9. The molecule has 0 spiro atoms. The van der Waals surface area contributed by atoms with Crippen molar-refractivity contribution in [1.29, 1.82) is 0 Å². The van der Waals surface area contributed by atoms with E-state index in [0.717, 1.165) is 23.3 Å². The van der Waals surface area contributed by atoms with E-state index in [1.165, 1.54) is 4.90 Å². The normalized spacial score (nSPS) is 15.3. The first-order valence-electron chi connectivity index (χ1n) is 13.9. The van der Waals surface area contributed by atoms with Gasteiger partial charge in [-0.25, -0.2) is 19.6 Å². The van der Waals surface area contributed by atoms with Gasteiger partial charge in [-0.15, -0.1) is 0 Å². The minimum atomic E-state index is -0.620. The third-order valence-electron chi connectivity index (χ3n) is 6.39. The molecule has 2 aromatic rings. The predicted octanol–water partition coefficient (Wildman–Crippen LogP) is 6.90. The third kappa shape index (κ3) is 7.61. The van der Waals surface area contributed by atoms with Crippen LogP contribution in [0.2, 0.25) is 5.02 Å². The maximum Gasteiger partial charge on any atom is 0.414 e. The van der Waals surface area contributed by atoms with Gasteiger partial charge in [0, 0.05) is 43.9 Å². The highest BCUT2D eigenvalue weighted by molar-refractivity contribution is 6.35. The lowest BCUT2D eigenvalue weighted by Crippen LogP contribution is -2.37. The number of halogens is 1. The summed E-state index contributed by atoms with van der Waals surface area (Å²) in [5, 5.41) is 3.68. The molecule has 11 heteroatoms. The summed E-state index contributed by atoms with van der Waals surface area (Å²) < 4.78 is 17.1. The molecule has 41 heavy (non-hydrogen) atoms. The fourth-order valence-electron chi connectivity index (χ4n) is 4.60. The lowest BCUT2D eigenvalue weighted by molar-refractivity contribution is 0.0273. The van der Waals surface area contributed by atoms with E-state index in [0.29, 0.717) is 66.3 Å². The number of fused-ring (bicyclic) bond motifs is 1. The lowest BCUT2D eigenvalue weighted by atomic mass is 9.99. The summed E-state index contributed by atoms with van der Waals surface area (Å²) in [4.78, 5) is 37.9. The van der Waals surface area contributed by atoms with Crippen molar-refractivity contribution in [3.05, 3.63) is 40.2 Å². The van der Waals surface area contributed by atoms with Gasteiger partial charge in [-0.1, -0.05) is 17.7 Å². The van der Waals surface area contributed by atoms with Crippen LogP contribution in [0.25, 0.3) is 5.57 Å². The first kappa shape index (κ1) is 30.4. The average molecular weight is 586 g/mol. The van der Waals surface area contributed by atoms with Crippen LogP contribution in [0.1, 0.15) is 71.3 Å². The Morgan fingerprint density at radius 2 is 1.78 bits per heavy atom. The summed E-state index contributed by atoms with van der Waals surface area (Å²) in [6.07, 6.45) is 3.33. The second-order valence-electron chi connectivity index (χ2n) is 12.3. The lowest BCUT2D eigenvalue weighted by Gasteiger charge is -2.25. The Labute approximate surface area is 247 Å². The van der Waals surface area contributed by atoms with Gasteiger partial charge in [-0.2, -0.15) is 0 Å².